The van der Waals surface area contributed by atoms with Gasteiger partial charge in [-0.15, -0.1) is 11.3 Å². The molecule has 0 spiro atoms. The number of aromatic nitrogens is 1. The molecule has 0 N–H and O–H groups in total. The third-order valence-electron chi connectivity index (χ3n) is 5.45. The number of hydrogen-bond donors (Lipinski definition) is 0. The quantitative estimate of drug-likeness (QED) is 0.588. The van der Waals surface area contributed by atoms with E-state index in [1.54, 1.807) is 11.3 Å². The lowest BCUT2D eigenvalue weighted by Gasteiger charge is -2.35. The molecule has 0 saturated carbocycles. The molecule has 0 atom stereocenters. The second kappa shape index (κ2) is 8.21. The molecule has 1 aliphatic rings. The number of rotatable bonds is 4. The first-order valence-corrected chi connectivity index (χ1v) is 13.6. The number of ether oxygens (including phenoxy) is 1. The monoisotopic (exact) mass is 412 g/mol. The summed E-state index contributed by atoms with van der Waals surface area (Å²) >= 11 is 1.76. The molecule has 2 rings (SSSR count). The van der Waals surface area contributed by atoms with Crippen molar-refractivity contribution in [2.45, 2.75) is 90.6 Å². The smallest absolute Gasteiger partial charge is 0.410 e. The van der Waals surface area contributed by atoms with E-state index in [0.717, 1.165) is 25.9 Å². The molecule has 154 valence electrons. The van der Waals surface area contributed by atoms with E-state index < -0.39 is 13.9 Å². The third kappa shape index (κ3) is 6.29. The van der Waals surface area contributed by atoms with E-state index in [1.165, 1.54) is 9.88 Å². The highest BCUT2D eigenvalue weighted by Gasteiger charge is 2.37. The van der Waals surface area contributed by atoms with Gasteiger partial charge in [0.05, 0.1) is 11.6 Å². The predicted molar refractivity (Wildman–Crippen MR) is 114 cm³/mol. The Kier molecular flexibility index (Phi) is 6.80. The number of hydrogen-bond acceptors (Lipinski definition) is 5. The molecule has 1 aromatic rings. The molecule has 0 bridgehead atoms. The maximum absolute atomic E-state index is 12.2. The Hall–Kier alpha value is -0.923. The summed E-state index contributed by atoms with van der Waals surface area (Å²) in [5, 5.41) is 1.39. The van der Waals surface area contributed by atoms with E-state index in [4.69, 9.17) is 9.16 Å². The summed E-state index contributed by atoms with van der Waals surface area (Å²) in [6.45, 7) is 19.2. The molecule has 2 heterocycles. The molecule has 1 saturated heterocycles. The van der Waals surface area contributed by atoms with Gasteiger partial charge in [-0.3, -0.25) is 0 Å². The summed E-state index contributed by atoms with van der Waals surface area (Å²) in [6, 6.07) is 0. The van der Waals surface area contributed by atoms with Gasteiger partial charge in [0.1, 0.15) is 5.60 Å². The highest BCUT2D eigenvalue weighted by molar-refractivity contribution is 7.11. The van der Waals surface area contributed by atoms with Crippen LogP contribution in [-0.2, 0) is 15.8 Å². The van der Waals surface area contributed by atoms with Gasteiger partial charge in [-0.1, -0.05) is 20.8 Å². The van der Waals surface area contributed by atoms with E-state index in [9.17, 15) is 4.79 Å². The fourth-order valence-electron chi connectivity index (χ4n) is 2.68. The number of piperidine rings is 1. The SMILES string of the molecule is CC(C)(C)OC(=O)N1CCC(c2ncc(CO[Si](C)(C)C(C)(C)C)s2)CC1. The van der Waals surface area contributed by atoms with Gasteiger partial charge >= 0.3 is 6.09 Å². The van der Waals surface area contributed by atoms with Crippen molar-refractivity contribution in [2.24, 2.45) is 0 Å². The van der Waals surface area contributed by atoms with Crippen molar-refractivity contribution in [3.8, 4) is 0 Å². The van der Waals surface area contributed by atoms with Crippen molar-refractivity contribution in [1.29, 1.82) is 0 Å². The molecule has 1 aromatic heterocycles. The Labute approximate surface area is 169 Å². The van der Waals surface area contributed by atoms with Crippen LogP contribution in [0.3, 0.4) is 0 Å². The molecule has 0 unspecified atom stereocenters. The average Bonchev–Trinajstić information content (AvgIpc) is 2.99. The number of amides is 1. The van der Waals surface area contributed by atoms with Gasteiger partial charge in [0.15, 0.2) is 8.32 Å². The van der Waals surface area contributed by atoms with E-state index in [1.807, 2.05) is 31.9 Å². The molecule has 0 aromatic carbocycles. The lowest BCUT2D eigenvalue weighted by atomic mass is 9.98. The molecule has 1 fully saturated rings. The van der Waals surface area contributed by atoms with Crippen molar-refractivity contribution >= 4 is 25.7 Å². The highest BCUT2D eigenvalue weighted by atomic mass is 32.1. The summed E-state index contributed by atoms with van der Waals surface area (Å²) in [5.41, 5.74) is -0.442. The number of nitrogens with zero attached hydrogens (tertiary/aromatic N) is 2. The van der Waals surface area contributed by atoms with Crippen LogP contribution in [-0.4, -0.2) is 43.0 Å². The Morgan fingerprint density at radius 2 is 1.81 bits per heavy atom. The molecule has 1 amide bonds. The van der Waals surface area contributed by atoms with Crippen molar-refractivity contribution < 1.29 is 14.0 Å². The Bertz CT molecular complexity index is 638. The topological polar surface area (TPSA) is 51.7 Å². The molecular formula is C20H36N2O3SSi. The average molecular weight is 413 g/mol. The maximum Gasteiger partial charge on any atom is 0.410 e. The van der Waals surface area contributed by atoms with Crippen molar-refractivity contribution in [2.75, 3.05) is 13.1 Å². The number of thiazole rings is 1. The maximum atomic E-state index is 12.2. The van der Waals surface area contributed by atoms with E-state index in [0.29, 0.717) is 12.5 Å². The van der Waals surface area contributed by atoms with Gasteiger partial charge < -0.3 is 14.1 Å². The fraction of sp³-hybridized carbons (Fsp3) is 0.800. The summed E-state index contributed by atoms with van der Waals surface area (Å²) in [7, 11) is -1.74. The van der Waals surface area contributed by atoms with Gasteiger partial charge in [0.2, 0.25) is 0 Å². The van der Waals surface area contributed by atoms with Crippen LogP contribution in [0.25, 0.3) is 0 Å². The predicted octanol–water partition coefficient (Wildman–Crippen LogP) is 5.78. The first-order chi connectivity index (χ1) is 12.3. The lowest BCUT2D eigenvalue weighted by molar-refractivity contribution is 0.0205. The van der Waals surface area contributed by atoms with Gasteiger partial charge in [-0.2, -0.15) is 0 Å². The zero-order valence-corrected chi connectivity index (χ0v) is 20.0. The van der Waals surface area contributed by atoms with E-state index in [-0.39, 0.29) is 11.1 Å². The van der Waals surface area contributed by atoms with Gasteiger partial charge in [-0.25, -0.2) is 9.78 Å². The zero-order valence-electron chi connectivity index (χ0n) is 18.2. The van der Waals surface area contributed by atoms with Crippen LogP contribution in [0.15, 0.2) is 6.20 Å². The van der Waals surface area contributed by atoms with E-state index >= 15 is 0 Å². The van der Waals surface area contributed by atoms with Crippen LogP contribution in [0.1, 0.15) is 70.2 Å². The van der Waals surface area contributed by atoms with Crippen molar-refractivity contribution in [3.63, 3.8) is 0 Å². The first-order valence-electron chi connectivity index (χ1n) is 9.85. The normalized spacial score (nSPS) is 17.3. The van der Waals surface area contributed by atoms with Crippen molar-refractivity contribution in [1.82, 2.24) is 9.88 Å². The molecule has 1 aliphatic heterocycles. The largest absolute Gasteiger partial charge is 0.444 e. The van der Waals surface area contributed by atoms with Crippen LogP contribution in [0, 0.1) is 0 Å². The summed E-state index contributed by atoms with van der Waals surface area (Å²) < 4.78 is 11.8. The molecule has 7 heteroatoms. The highest BCUT2D eigenvalue weighted by Crippen LogP contribution is 2.38. The minimum Gasteiger partial charge on any atom is -0.444 e. The standard InChI is InChI=1S/C20H36N2O3SSi/c1-19(2,3)25-18(23)22-11-9-15(10-12-22)17-21-13-16(26-17)14-24-27(7,8)20(4,5)6/h13,15H,9-12,14H2,1-8H3. The van der Waals surface area contributed by atoms with E-state index in [2.05, 4.69) is 38.8 Å². The number of carbonyl (C=O) groups excluding carboxylic acids is 1. The summed E-state index contributed by atoms with van der Waals surface area (Å²) in [4.78, 5) is 19.9. The molecule has 0 radical (unpaired) electrons. The van der Waals surface area contributed by atoms with Crippen LogP contribution in [0.4, 0.5) is 4.79 Å². The number of carbonyl (C=O) groups is 1. The Morgan fingerprint density at radius 3 is 2.33 bits per heavy atom. The molecule has 5 nitrogen and oxygen atoms in total. The van der Waals surface area contributed by atoms with Gasteiger partial charge in [0, 0.05) is 30.1 Å². The van der Waals surface area contributed by atoms with Crippen molar-refractivity contribution in [3.05, 3.63) is 16.1 Å². The van der Waals surface area contributed by atoms with Gasteiger partial charge in [-0.05, 0) is 51.7 Å². The molecule has 0 aliphatic carbocycles. The van der Waals surface area contributed by atoms with Crippen LogP contribution < -0.4 is 0 Å². The van der Waals surface area contributed by atoms with Crippen LogP contribution in [0.2, 0.25) is 18.1 Å². The summed E-state index contributed by atoms with van der Waals surface area (Å²) in [5.74, 6) is 0.426. The second-order valence-corrected chi connectivity index (χ2v) is 15.9. The Balaban J connectivity index is 1.87. The fourth-order valence-corrected chi connectivity index (χ4v) is 4.74. The minimum atomic E-state index is -1.74. The Morgan fingerprint density at radius 1 is 1.22 bits per heavy atom. The van der Waals surface area contributed by atoms with Gasteiger partial charge in [0.25, 0.3) is 0 Å². The van der Waals surface area contributed by atoms with Crippen LogP contribution in [0.5, 0.6) is 0 Å². The summed E-state index contributed by atoms with van der Waals surface area (Å²) in [6.07, 6.45) is 3.64. The molecule has 27 heavy (non-hydrogen) atoms. The third-order valence-corrected chi connectivity index (χ3v) is 11.1. The second-order valence-electron chi connectivity index (χ2n) is 9.96. The zero-order chi connectivity index (χ0) is 20.5. The lowest BCUT2D eigenvalue weighted by Crippen LogP contribution is -2.41. The van der Waals surface area contributed by atoms with Crippen LogP contribution >= 0.6 is 11.3 Å². The number of likely N-dealkylation sites (tertiary alicyclic amines) is 1. The minimum absolute atomic E-state index is 0.205. The molecular weight excluding hydrogens is 376 g/mol. The first kappa shape index (κ1) is 22.4.